The maximum absolute atomic E-state index is 11.8. The van der Waals surface area contributed by atoms with Gasteiger partial charge in [-0.05, 0) is 61.3 Å². The van der Waals surface area contributed by atoms with Gasteiger partial charge in [-0.3, -0.25) is 4.79 Å². The molecule has 5 nitrogen and oxygen atoms in total. The topological polar surface area (TPSA) is 82.3 Å². The van der Waals surface area contributed by atoms with Crippen LogP contribution in [0.2, 0.25) is 0 Å². The molecule has 24 heavy (non-hydrogen) atoms. The first kappa shape index (κ1) is 17.0. The molecule has 2 unspecified atom stereocenters. The van der Waals surface area contributed by atoms with Crippen LogP contribution < -0.4 is 10.1 Å². The van der Waals surface area contributed by atoms with Crippen LogP contribution in [0.3, 0.4) is 0 Å². The van der Waals surface area contributed by atoms with E-state index in [2.05, 4.69) is 27.3 Å². The smallest absolute Gasteiger partial charge is 0.171 e. The number of allylic oxidation sites excluding steroid dienone is 2. The SMILES string of the molecule is CC1(C)Oc2ccc(C#N)cc2C(NC2=C(Br)C(=O)CC2)C1(C)O. The van der Waals surface area contributed by atoms with Crippen LogP contribution in [0.5, 0.6) is 5.75 Å². The Morgan fingerprint density at radius 2 is 2.08 bits per heavy atom. The van der Waals surface area contributed by atoms with Crippen molar-refractivity contribution in [1.82, 2.24) is 5.32 Å². The van der Waals surface area contributed by atoms with Crippen molar-refractivity contribution in [3.05, 3.63) is 39.5 Å². The summed E-state index contributed by atoms with van der Waals surface area (Å²) in [6, 6.07) is 6.78. The van der Waals surface area contributed by atoms with Gasteiger partial charge < -0.3 is 15.2 Å². The summed E-state index contributed by atoms with van der Waals surface area (Å²) in [6.07, 6.45) is 1.04. The lowest BCUT2D eigenvalue weighted by Crippen LogP contribution is -2.61. The van der Waals surface area contributed by atoms with E-state index in [-0.39, 0.29) is 5.78 Å². The molecule has 1 aromatic carbocycles. The van der Waals surface area contributed by atoms with Gasteiger partial charge in [0.2, 0.25) is 0 Å². The number of carbonyl (C=O) groups is 1. The number of benzene rings is 1. The first-order valence-corrected chi connectivity index (χ1v) is 8.60. The highest BCUT2D eigenvalue weighted by molar-refractivity contribution is 9.12. The van der Waals surface area contributed by atoms with E-state index in [0.29, 0.717) is 34.2 Å². The van der Waals surface area contributed by atoms with Gasteiger partial charge in [-0.2, -0.15) is 5.26 Å². The molecule has 2 atom stereocenters. The van der Waals surface area contributed by atoms with Crippen LogP contribution >= 0.6 is 15.9 Å². The maximum atomic E-state index is 11.8. The molecule has 1 heterocycles. The van der Waals surface area contributed by atoms with Crippen molar-refractivity contribution in [2.45, 2.75) is 50.9 Å². The normalized spacial score (nSPS) is 28.2. The molecule has 0 amide bonds. The number of Topliss-reactive ketones (excluding diaryl/α,β-unsaturated/α-hetero) is 1. The highest BCUT2D eigenvalue weighted by atomic mass is 79.9. The number of hydrogen-bond donors (Lipinski definition) is 2. The van der Waals surface area contributed by atoms with Gasteiger partial charge in [0.15, 0.2) is 5.78 Å². The number of rotatable bonds is 2. The molecule has 3 rings (SSSR count). The van der Waals surface area contributed by atoms with Crippen LogP contribution in [0.1, 0.15) is 50.8 Å². The lowest BCUT2D eigenvalue weighted by molar-refractivity contribution is -0.137. The molecule has 126 valence electrons. The average molecular weight is 391 g/mol. The van der Waals surface area contributed by atoms with E-state index >= 15 is 0 Å². The number of nitrogens with zero attached hydrogens (tertiary/aromatic N) is 1. The quantitative estimate of drug-likeness (QED) is 0.810. The van der Waals surface area contributed by atoms with Crippen molar-refractivity contribution < 1.29 is 14.6 Å². The first-order valence-electron chi connectivity index (χ1n) is 7.81. The molecule has 0 saturated carbocycles. The second-order valence-electron chi connectivity index (χ2n) is 6.92. The highest BCUT2D eigenvalue weighted by Crippen LogP contribution is 2.47. The second kappa shape index (κ2) is 5.61. The molecule has 0 spiro atoms. The third-order valence-electron chi connectivity index (χ3n) is 5.03. The summed E-state index contributed by atoms with van der Waals surface area (Å²) in [7, 11) is 0. The number of ether oxygens (including phenoxy) is 1. The Morgan fingerprint density at radius 3 is 2.67 bits per heavy atom. The molecular formula is C18H19BrN2O3. The van der Waals surface area contributed by atoms with Crippen molar-refractivity contribution in [3.8, 4) is 11.8 Å². The van der Waals surface area contributed by atoms with Gasteiger partial charge in [0.25, 0.3) is 0 Å². The number of hydrogen-bond acceptors (Lipinski definition) is 5. The Kier molecular flexibility index (Phi) is 3.97. The van der Waals surface area contributed by atoms with Gasteiger partial charge in [-0.1, -0.05) is 0 Å². The van der Waals surface area contributed by atoms with E-state index in [1.165, 1.54) is 0 Å². The Balaban J connectivity index is 2.11. The zero-order valence-electron chi connectivity index (χ0n) is 13.8. The second-order valence-corrected chi connectivity index (χ2v) is 7.71. The summed E-state index contributed by atoms with van der Waals surface area (Å²) in [4.78, 5) is 11.8. The zero-order chi connectivity index (χ0) is 17.7. The molecule has 0 fully saturated rings. The summed E-state index contributed by atoms with van der Waals surface area (Å²) in [6.45, 7) is 5.36. The van der Waals surface area contributed by atoms with E-state index in [4.69, 9.17) is 4.74 Å². The van der Waals surface area contributed by atoms with E-state index < -0.39 is 17.2 Å². The van der Waals surface area contributed by atoms with Crippen LogP contribution in [0.4, 0.5) is 0 Å². The standard InChI is InChI=1S/C18H19BrN2O3/c1-17(2)18(3,23)16(21-12-5-6-13(22)15(12)19)11-8-10(9-20)4-7-14(11)24-17/h4,7-8,16,21,23H,5-6H2,1-3H3. The minimum absolute atomic E-state index is 0.0504. The van der Waals surface area contributed by atoms with Gasteiger partial charge in [0.05, 0.1) is 22.2 Å². The van der Waals surface area contributed by atoms with Crippen LogP contribution in [0.15, 0.2) is 28.4 Å². The van der Waals surface area contributed by atoms with E-state index in [0.717, 1.165) is 5.70 Å². The summed E-state index contributed by atoms with van der Waals surface area (Å²) < 4.78 is 6.51. The number of nitrogens with one attached hydrogen (secondary N) is 1. The van der Waals surface area contributed by atoms with Gasteiger partial charge in [-0.15, -0.1) is 0 Å². The van der Waals surface area contributed by atoms with E-state index in [1.807, 2.05) is 13.8 Å². The van der Waals surface area contributed by atoms with Crippen molar-refractivity contribution in [1.29, 1.82) is 5.26 Å². The molecule has 2 aliphatic rings. The largest absolute Gasteiger partial charge is 0.484 e. The Labute approximate surface area is 149 Å². The van der Waals surface area contributed by atoms with Crippen LogP contribution in [-0.4, -0.2) is 22.1 Å². The Morgan fingerprint density at radius 1 is 1.38 bits per heavy atom. The van der Waals surface area contributed by atoms with Crippen molar-refractivity contribution in [3.63, 3.8) is 0 Å². The van der Waals surface area contributed by atoms with Crippen LogP contribution in [0.25, 0.3) is 0 Å². The number of nitriles is 1. The lowest BCUT2D eigenvalue weighted by Gasteiger charge is -2.50. The van der Waals surface area contributed by atoms with Crippen LogP contribution in [0, 0.1) is 11.3 Å². The molecular weight excluding hydrogens is 372 g/mol. The van der Waals surface area contributed by atoms with Crippen molar-refractivity contribution in [2.24, 2.45) is 0 Å². The van der Waals surface area contributed by atoms with Crippen molar-refractivity contribution in [2.75, 3.05) is 0 Å². The Bertz CT molecular complexity index is 790. The van der Waals surface area contributed by atoms with E-state index in [9.17, 15) is 15.2 Å². The number of halogens is 1. The first-order chi connectivity index (χ1) is 11.2. The predicted octanol–water partition coefficient (Wildman–Crippen LogP) is 3.08. The third kappa shape index (κ3) is 2.52. The molecule has 0 bridgehead atoms. The molecule has 1 aromatic rings. The fourth-order valence-electron chi connectivity index (χ4n) is 3.12. The summed E-state index contributed by atoms with van der Waals surface area (Å²) >= 11 is 3.33. The summed E-state index contributed by atoms with van der Waals surface area (Å²) in [5.41, 5.74) is -0.112. The van der Waals surface area contributed by atoms with E-state index in [1.54, 1.807) is 25.1 Å². The monoisotopic (exact) mass is 390 g/mol. The fourth-order valence-corrected chi connectivity index (χ4v) is 3.63. The van der Waals surface area contributed by atoms with Crippen LogP contribution in [-0.2, 0) is 4.79 Å². The predicted molar refractivity (Wildman–Crippen MR) is 92.6 cm³/mol. The van der Waals surface area contributed by atoms with Gasteiger partial charge in [0.1, 0.15) is 17.0 Å². The van der Waals surface area contributed by atoms with Gasteiger partial charge in [-0.25, -0.2) is 0 Å². The molecule has 1 aliphatic heterocycles. The molecule has 1 aliphatic carbocycles. The zero-order valence-corrected chi connectivity index (χ0v) is 15.4. The van der Waals surface area contributed by atoms with Crippen molar-refractivity contribution >= 4 is 21.7 Å². The molecule has 6 heteroatoms. The van der Waals surface area contributed by atoms with Gasteiger partial charge in [0, 0.05) is 17.7 Å². The molecule has 0 radical (unpaired) electrons. The lowest BCUT2D eigenvalue weighted by atomic mass is 9.75. The molecule has 2 N–H and O–H groups in total. The van der Waals surface area contributed by atoms with Gasteiger partial charge >= 0.3 is 0 Å². The number of ketones is 1. The summed E-state index contributed by atoms with van der Waals surface area (Å²) in [5.74, 6) is 0.679. The minimum Gasteiger partial charge on any atom is -0.484 e. The highest BCUT2D eigenvalue weighted by Gasteiger charge is 2.53. The molecule has 0 saturated heterocycles. The maximum Gasteiger partial charge on any atom is 0.171 e. The molecule has 0 aromatic heterocycles. The number of aliphatic hydroxyl groups is 1. The summed E-state index contributed by atoms with van der Waals surface area (Å²) in [5, 5.41) is 23.7. The average Bonchev–Trinajstić information content (AvgIpc) is 2.83. The fraction of sp³-hybridized carbons (Fsp3) is 0.444. The number of fused-ring (bicyclic) bond motifs is 1. The number of carbonyl (C=O) groups excluding carboxylic acids is 1. The third-order valence-corrected chi connectivity index (χ3v) is 5.95. The Hall–Kier alpha value is -1.84. The minimum atomic E-state index is -1.25.